The first-order valence-electron chi connectivity index (χ1n) is 6.59. The maximum atomic E-state index is 11.8. The fourth-order valence-electron chi connectivity index (χ4n) is 1.97. The number of carbonyl (C=O) groups excluding carboxylic acids is 2. The average Bonchev–Trinajstić information content (AvgIpc) is 3.00. The first-order chi connectivity index (χ1) is 10.1. The summed E-state index contributed by atoms with van der Waals surface area (Å²) in [4.78, 5) is 33.8. The summed E-state index contributed by atoms with van der Waals surface area (Å²) in [7, 11) is 0. The molecule has 0 aromatic heterocycles. The molecule has 2 rings (SSSR count). The Bertz CT molecular complexity index is 535. The fraction of sp³-hybridized carbons (Fsp3) is 0.357. The Morgan fingerprint density at radius 1 is 1.24 bits per heavy atom. The fourth-order valence-corrected chi connectivity index (χ4v) is 1.97. The maximum absolute atomic E-state index is 11.8. The van der Waals surface area contributed by atoms with Crippen LogP contribution in [0.5, 0.6) is 0 Å². The Labute approximate surface area is 121 Å². The molecule has 21 heavy (non-hydrogen) atoms. The highest BCUT2D eigenvalue weighted by molar-refractivity contribution is 5.97. The van der Waals surface area contributed by atoms with Gasteiger partial charge in [-0.2, -0.15) is 0 Å². The van der Waals surface area contributed by atoms with E-state index in [0.717, 1.165) is 6.42 Å². The molecular formula is C14H16N2O5. The Balaban J connectivity index is 1.90. The number of carbonyl (C=O) groups is 3. The van der Waals surface area contributed by atoms with Crippen LogP contribution in [0.3, 0.4) is 0 Å². The van der Waals surface area contributed by atoms with E-state index in [9.17, 15) is 14.4 Å². The minimum absolute atomic E-state index is 0.199. The highest BCUT2D eigenvalue weighted by Gasteiger charge is 2.23. The number of nitrogens with one attached hydrogen (secondary N) is 2. The van der Waals surface area contributed by atoms with Gasteiger partial charge in [0.15, 0.2) is 0 Å². The van der Waals surface area contributed by atoms with Crippen LogP contribution in [0.2, 0.25) is 0 Å². The summed E-state index contributed by atoms with van der Waals surface area (Å²) in [6.07, 6.45) is 1.17. The number of hydrogen-bond acceptors (Lipinski definition) is 4. The van der Waals surface area contributed by atoms with Crippen molar-refractivity contribution in [2.45, 2.75) is 18.9 Å². The van der Waals surface area contributed by atoms with Gasteiger partial charge in [0, 0.05) is 17.9 Å². The second kappa shape index (κ2) is 6.85. The first kappa shape index (κ1) is 15.0. The van der Waals surface area contributed by atoms with E-state index >= 15 is 0 Å². The van der Waals surface area contributed by atoms with Crippen LogP contribution in [0.25, 0.3) is 0 Å². The molecule has 0 bridgehead atoms. The molecule has 0 saturated carbocycles. The van der Waals surface area contributed by atoms with Crippen LogP contribution < -0.4 is 10.6 Å². The number of benzene rings is 1. The number of anilines is 1. The van der Waals surface area contributed by atoms with Gasteiger partial charge in [-0.1, -0.05) is 0 Å². The summed E-state index contributed by atoms with van der Waals surface area (Å²) >= 11 is 0. The number of rotatable bonds is 5. The molecule has 0 unspecified atom stereocenters. The van der Waals surface area contributed by atoms with Gasteiger partial charge in [0.25, 0.3) is 11.8 Å². The lowest BCUT2D eigenvalue weighted by Gasteiger charge is -2.10. The van der Waals surface area contributed by atoms with Gasteiger partial charge in [-0.05, 0) is 37.1 Å². The molecule has 1 aromatic rings. The Morgan fingerprint density at radius 3 is 2.52 bits per heavy atom. The summed E-state index contributed by atoms with van der Waals surface area (Å²) in [5, 5.41) is 13.5. The second-order valence-electron chi connectivity index (χ2n) is 4.64. The second-order valence-corrected chi connectivity index (χ2v) is 4.64. The Kier molecular flexibility index (Phi) is 4.89. The summed E-state index contributed by atoms with van der Waals surface area (Å²) in [5.41, 5.74) is 0.886. The molecule has 0 spiro atoms. The normalized spacial score (nSPS) is 17.2. The van der Waals surface area contributed by atoms with Gasteiger partial charge in [-0.3, -0.25) is 14.4 Å². The van der Waals surface area contributed by atoms with Crippen LogP contribution in [0.4, 0.5) is 5.69 Å². The third-order valence-corrected chi connectivity index (χ3v) is 3.04. The zero-order valence-corrected chi connectivity index (χ0v) is 11.3. The average molecular weight is 292 g/mol. The van der Waals surface area contributed by atoms with E-state index in [0.29, 0.717) is 24.3 Å². The molecule has 7 heteroatoms. The van der Waals surface area contributed by atoms with Crippen LogP contribution in [-0.4, -0.2) is 42.1 Å². The molecule has 3 N–H and O–H groups in total. The molecule has 0 radical (unpaired) electrons. The van der Waals surface area contributed by atoms with E-state index in [1.54, 1.807) is 12.1 Å². The zero-order chi connectivity index (χ0) is 15.2. The lowest BCUT2D eigenvalue weighted by Crippen LogP contribution is -2.29. The number of hydrogen-bond donors (Lipinski definition) is 3. The lowest BCUT2D eigenvalue weighted by atomic mass is 10.2. The van der Waals surface area contributed by atoms with Crippen molar-refractivity contribution in [3.8, 4) is 0 Å². The highest BCUT2D eigenvalue weighted by Crippen LogP contribution is 2.15. The molecule has 2 amide bonds. The SMILES string of the molecule is O=C(O)CNC(=O)c1ccc(NC(=O)[C@H]2CCCO2)cc1. The number of carboxylic acids is 1. The van der Waals surface area contributed by atoms with Gasteiger partial charge in [-0.25, -0.2) is 0 Å². The standard InChI is InChI=1S/C14H16N2O5/c17-12(18)8-15-13(19)9-3-5-10(6-4-9)16-14(20)11-2-1-7-21-11/h3-6,11H,1-2,7-8H2,(H,15,19)(H,16,20)(H,17,18)/t11-/m1/s1. The van der Waals surface area contributed by atoms with Crippen molar-refractivity contribution >= 4 is 23.5 Å². The zero-order valence-electron chi connectivity index (χ0n) is 11.3. The third kappa shape index (κ3) is 4.28. The van der Waals surface area contributed by atoms with Gasteiger partial charge in [0.2, 0.25) is 0 Å². The topological polar surface area (TPSA) is 105 Å². The smallest absolute Gasteiger partial charge is 0.322 e. The van der Waals surface area contributed by atoms with Crippen molar-refractivity contribution in [1.82, 2.24) is 5.32 Å². The molecule has 1 atom stereocenters. The largest absolute Gasteiger partial charge is 0.480 e. The lowest BCUT2D eigenvalue weighted by molar-refractivity contribution is -0.135. The molecule has 1 aliphatic heterocycles. The minimum atomic E-state index is -1.11. The van der Waals surface area contributed by atoms with Gasteiger partial charge in [0.05, 0.1) is 0 Å². The number of aliphatic carboxylic acids is 1. The van der Waals surface area contributed by atoms with E-state index < -0.39 is 24.5 Å². The molecule has 7 nitrogen and oxygen atoms in total. The highest BCUT2D eigenvalue weighted by atomic mass is 16.5. The summed E-state index contributed by atoms with van der Waals surface area (Å²) < 4.78 is 5.27. The predicted octanol–water partition coefficient (Wildman–Crippen LogP) is 0.618. The summed E-state index contributed by atoms with van der Waals surface area (Å²) in [6.45, 7) is 0.164. The van der Waals surface area contributed by atoms with Gasteiger partial charge >= 0.3 is 5.97 Å². The summed E-state index contributed by atoms with van der Waals surface area (Å²) in [5.74, 6) is -1.78. The van der Waals surface area contributed by atoms with Crippen LogP contribution in [0, 0.1) is 0 Å². The van der Waals surface area contributed by atoms with Gasteiger partial charge < -0.3 is 20.5 Å². The predicted molar refractivity (Wildman–Crippen MR) is 74.0 cm³/mol. The Morgan fingerprint density at radius 2 is 1.95 bits per heavy atom. The van der Waals surface area contributed by atoms with Crippen LogP contribution >= 0.6 is 0 Å². The maximum Gasteiger partial charge on any atom is 0.322 e. The van der Waals surface area contributed by atoms with Crippen molar-refractivity contribution in [1.29, 1.82) is 0 Å². The van der Waals surface area contributed by atoms with E-state index in [-0.39, 0.29) is 5.91 Å². The molecule has 1 saturated heterocycles. The van der Waals surface area contributed by atoms with E-state index in [2.05, 4.69) is 10.6 Å². The van der Waals surface area contributed by atoms with Crippen LogP contribution in [0.15, 0.2) is 24.3 Å². The van der Waals surface area contributed by atoms with Crippen LogP contribution in [0.1, 0.15) is 23.2 Å². The number of carboxylic acid groups (broad SMARTS) is 1. The van der Waals surface area contributed by atoms with Gasteiger partial charge in [-0.15, -0.1) is 0 Å². The van der Waals surface area contributed by atoms with Gasteiger partial charge in [0.1, 0.15) is 12.6 Å². The molecule has 1 aromatic carbocycles. The van der Waals surface area contributed by atoms with E-state index in [4.69, 9.17) is 9.84 Å². The van der Waals surface area contributed by atoms with E-state index in [1.165, 1.54) is 12.1 Å². The summed E-state index contributed by atoms with van der Waals surface area (Å²) in [6, 6.07) is 6.20. The number of amides is 2. The molecular weight excluding hydrogens is 276 g/mol. The monoisotopic (exact) mass is 292 g/mol. The van der Waals surface area contributed by atoms with Crippen molar-refractivity contribution in [3.63, 3.8) is 0 Å². The minimum Gasteiger partial charge on any atom is -0.480 e. The van der Waals surface area contributed by atoms with Crippen molar-refractivity contribution in [3.05, 3.63) is 29.8 Å². The molecule has 1 heterocycles. The first-order valence-corrected chi connectivity index (χ1v) is 6.59. The third-order valence-electron chi connectivity index (χ3n) is 3.04. The molecule has 1 aliphatic rings. The molecule has 112 valence electrons. The molecule has 1 fully saturated rings. The molecule has 0 aliphatic carbocycles. The van der Waals surface area contributed by atoms with Crippen LogP contribution in [-0.2, 0) is 14.3 Å². The van der Waals surface area contributed by atoms with Crippen molar-refractivity contribution in [2.75, 3.05) is 18.5 Å². The van der Waals surface area contributed by atoms with Crippen molar-refractivity contribution in [2.24, 2.45) is 0 Å². The Hall–Kier alpha value is -2.41. The van der Waals surface area contributed by atoms with E-state index in [1.807, 2.05) is 0 Å². The number of ether oxygens (including phenoxy) is 1. The van der Waals surface area contributed by atoms with Crippen molar-refractivity contribution < 1.29 is 24.2 Å². The quantitative estimate of drug-likeness (QED) is 0.738.